The Bertz CT molecular complexity index is 831. The van der Waals surface area contributed by atoms with E-state index < -0.39 is 5.92 Å². The van der Waals surface area contributed by atoms with Gasteiger partial charge in [-0.2, -0.15) is 0 Å². The first-order chi connectivity index (χ1) is 11.9. The molecule has 1 saturated heterocycles. The lowest BCUT2D eigenvalue weighted by Crippen LogP contribution is -2.29. The molecular formula is C19H18Cl2N2O2. The van der Waals surface area contributed by atoms with E-state index in [1.807, 2.05) is 32.0 Å². The van der Waals surface area contributed by atoms with Crippen LogP contribution in [0, 0.1) is 19.8 Å². The number of anilines is 2. The van der Waals surface area contributed by atoms with Gasteiger partial charge in [-0.05, 0) is 43.2 Å². The van der Waals surface area contributed by atoms with Crippen LogP contribution in [0.1, 0.15) is 17.5 Å². The fourth-order valence-electron chi connectivity index (χ4n) is 3.16. The summed E-state index contributed by atoms with van der Waals surface area (Å²) in [6, 6.07) is 10.8. The second-order valence-corrected chi connectivity index (χ2v) is 7.10. The Morgan fingerprint density at radius 3 is 2.48 bits per heavy atom. The molecule has 25 heavy (non-hydrogen) atoms. The third-order valence-electron chi connectivity index (χ3n) is 4.39. The molecule has 0 aliphatic carbocycles. The molecule has 2 aromatic carbocycles. The van der Waals surface area contributed by atoms with Gasteiger partial charge in [0.15, 0.2) is 0 Å². The largest absolute Gasteiger partial charge is 0.324 e. The van der Waals surface area contributed by atoms with Crippen LogP contribution >= 0.6 is 23.2 Å². The number of nitrogens with zero attached hydrogens (tertiary/aromatic N) is 1. The van der Waals surface area contributed by atoms with Crippen molar-refractivity contribution in [2.45, 2.75) is 20.3 Å². The number of nitrogens with one attached hydrogen (secondary N) is 1. The van der Waals surface area contributed by atoms with E-state index in [-0.39, 0.29) is 18.2 Å². The van der Waals surface area contributed by atoms with Crippen molar-refractivity contribution in [2.75, 3.05) is 16.8 Å². The maximum absolute atomic E-state index is 12.6. The Balaban J connectivity index is 1.77. The van der Waals surface area contributed by atoms with Crippen LogP contribution < -0.4 is 10.2 Å². The minimum atomic E-state index is -0.418. The molecule has 1 aliphatic rings. The Kier molecular flexibility index (Phi) is 5.02. The molecule has 1 heterocycles. The van der Waals surface area contributed by atoms with E-state index in [9.17, 15) is 9.59 Å². The SMILES string of the molecule is Cc1cccc(C)c1N1C[C@H](C(=O)Nc2ccc(Cl)cc2Cl)CC1=O. The third-order valence-corrected chi connectivity index (χ3v) is 4.94. The van der Waals surface area contributed by atoms with Gasteiger partial charge in [-0.1, -0.05) is 41.4 Å². The van der Waals surface area contributed by atoms with E-state index in [1.54, 1.807) is 23.1 Å². The molecule has 130 valence electrons. The summed E-state index contributed by atoms with van der Waals surface area (Å²) in [7, 11) is 0. The van der Waals surface area contributed by atoms with Crippen LogP contribution in [0.5, 0.6) is 0 Å². The summed E-state index contributed by atoms with van der Waals surface area (Å²) < 4.78 is 0. The predicted octanol–water partition coefficient (Wildman–Crippen LogP) is 4.60. The van der Waals surface area contributed by atoms with Crippen molar-refractivity contribution < 1.29 is 9.59 Å². The highest BCUT2D eigenvalue weighted by atomic mass is 35.5. The summed E-state index contributed by atoms with van der Waals surface area (Å²) in [6.07, 6.45) is 0.185. The van der Waals surface area contributed by atoms with Crippen LogP contribution in [0.4, 0.5) is 11.4 Å². The molecule has 1 aliphatic heterocycles. The van der Waals surface area contributed by atoms with E-state index in [0.717, 1.165) is 16.8 Å². The van der Waals surface area contributed by atoms with Crippen molar-refractivity contribution >= 4 is 46.4 Å². The highest BCUT2D eigenvalue weighted by molar-refractivity contribution is 6.36. The van der Waals surface area contributed by atoms with E-state index in [0.29, 0.717) is 22.3 Å². The summed E-state index contributed by atoms with van der Waals surface area (Å²) in [4.78, 5) is 26.7. The molecule has 0 spiro atoms. The number of amides is 2. The van der Waals surface area contributed by atoms with Crippen molar-refractivity contribution in [3.05, 3.63) is 57.6 Å². The first-order valence-corrected chi connectivity index (χ1v) is 8.75. The van der Waals surface area contributed by atoms with Gasteiger partial charge >= 0.3 is 0 Å². The summed E-state index contributed by atoms with van der Waals surface area (Å²) in [5.74, 6) is -0.677. The second-order valence-electron chi connectivity index (χ2n) is 6.26. The number of para-hydroxylation sites is 1. The number of carbonyl (C=O) groups is 2. The topological polar surface area (TPSA) is 49.4 Å². The summed E-state index contributed by atoms with van der Waals surface area (Å²) in [5.41, 5.74) is 3.44. The van der Waals surface area contributed by atoms with Crippen LogP contribution in [-0.4, -0.2) is 18.4 Å². The zero-order valence-electron chi connectivity index (χ0n) is 14.0. The van der Waals surface area contributed by atoms with E-state index in [1.165, 1.54) is 0 Å². The van der Waals surface area contributed by atoms with E-state index >= 15 is 0 Å². The lowest BCUT2D eigenvalue weighted by atomic mass is 10.1. The van der Waals surface area contributed by atoms with Crippen molar-refractivity contribution in [1.82, 2.24) is 0 Å². The van der Waals surface area contributed by atoms with Crippen molar-refractivity contribution in [3.63, 3.8) is 0 Å². The molecule has 4 nitrogen and oxygen atoms in total. The molecule has 0 bridgehead atoms. The highest BCUT2D eigenvalue weighted by Gasteiger charge is 2.36. The third kappa shape index (κ3) is 3.65. The van der Waals surface area contributed by atoms with E-state index in [4.69, 9.17) is 23.2 Å². The van der Waals surface area contributed by atoms with Gasteiger partial charge in [-0.15, -0.1) is 0 Å². The Hall–Kier alpha value is -2.04. The maximum atomic E-state index is 12.6. The van der Waals surface area contributed by atoms with Crippen molar-refractivity contribution in [3.8, 4) is 0 Å². The summed E-state index contributed by atoms with van der Waals surface area (Å²) in [6.45, 7) is 4.30. The lowest BCUT2D eigenvalue weighted by molar-refractivity contribution is -0.122. The standard InChI is InChI=1S/C19H18Cl2N2O2/c1-11-4-3-5-12(2)18(11)23-10-13(8-17(23)24)19(25)22-16-7-6-14(20)9-15(16)21/h3-7,9,13H,8,10H2,1-2H3,(H,22,25)/t13-/m1/s1. The van der Waals surface area contributed by atoms with Crippen molar-refractivity contribution in [1.29, 1.82) is 0 Å². The minimum absolute atomic E-state index is 0.0419. The summed E-state index contributed by atoms with van der Waals surface area (Å²) in [5, 5.41) is 3.66. The lowest BCUT2D eigenvalue weighted by Gasteiger charge is -2.21. The van der Waals surface area contributed by atoms with Gasteiger partial charge in [0.25, 0.3) is 0 Å². The fourth-order valence-corrected chi connectivity index (χ4v) is 3.61. The van der Waals surface area contributed by atoms with Gasteiger partial charge in [0.2, 0.25) is 11.8 Å². The minimum Gasteiger partial charge on any atom is -0.324 e. The predicted molar refractivity (Wildman–Crippen MR) is 101 cm³/mol. The average Bonchev–Trinajstić information content (AvgIpc) is 2.92. The highest BCUT2D eigenvalue weighted by Crippen LogP contribution is 2.32. The van der Waals surface area contributed by atoms with Gasteiger partial charge < -0.3 is 10.2 Å². The quantitative estimate of drug-likeness (QED) is 0.850. The van der Waals surface area contributed by atoms with Crippen LogP contribution in [0.25, 0.3) is 0 Å². The smallest absolute Gasteiger partial charge is 0.229 e. The van der Waals surface area contributed by atoms with Crippen LogP contribution in [0.2, 0.25) is 10.0 Å². The molecular weight excluding hydrogens is 359 g/mol. The number of rotatable bonds is 3. The summed E-state index contributed by atoms with van der Waals surface area (Å²) >= 11 is 12.0. The van der Waals surface area contributed by atoms with Crippen LogP contribution in [-0.2, 0) is 9.59 Å². The Morgan fingerprint density at radius 2 is 1.84 bits per heavy atom. The van der Waals surface area contributed by atoms with Crippen LogP contribution in [0.15, 0.2) is 36.4 Å². The monoisotopic (exact) mass is 376 g/mol. The van der Waals surface area contributed by atoms with Gasteiger partial charge in [-0.3, -0.25) is 9.59 Å². The molecule has 1 N–H and O–H groups in total. The molecule has 0 unspecified atom stereocenters. The second kappa shape index (κ2) is 7.06. The first kappa shape index (κ1) is 17.8. The number of aryl methyl sites for hydroxylation is 2. The van der Waals surface area contributed by atoms with Crippen molar-refractivity contribution in [2.24, 2.45) is 5.92 Å². The van der Waals surface area contributed by atoms with Gasteiger partial charge in [0.1, 0.15) is 0 Å². The Morgan fingerprint density at radius 1 is 1.16 bits per heavy atom. The van der Waals surface area contributed by atoms with Gasteiger partial charge in [0.05, 0.1) is 16.6 Å². The number of halogens is 2. The fraction of sp³-hybridized carbons (Fsp3) is 0.263. The first-order valence-electron chi connectivity index (χ1n) is 7.99. The average molecular weight is 377 g/mol. The molecule has 2 amide bonds. The number of hydrogen-bond acceptors (Lipinski definition) is 2. The zero-order valence-corrected chi connectivity index (χ0v) is 15.5. The van der Waals surface area contributed by atoms with Gasteiger partial charge in [0, 0.05) is 23.7 Å². The van der Waals surface area contributed by atoms with Crippen LogP contribution in [0.3, 0.4) is 0 Å². The van der Waals surface area contributed by atoms with Gasteiger partial charge in [-0.25, -0.2) is 0 Å². The molecule has 0 aromatic heterocycles. The molecule has 1 atom stereocenters. The number of carbonyl (C=O) groups excluding carboxylic acids is 2. The normalized spacial score (nSPS) is 17.0. The molecule has 0 saturated carbocycles. The molecule has 6 heteroatoms. The number of hydrogen-bond donors (Lipinski definition) is 1. The maximum Gasteiger partial charge on any atom is 0.229 e. The Labute approximate surface area is 156 Å². The molecule has 2 aromatic rings. The zero-order chi connectivity index (χ0) is 18.1. The molecule has 1 fully saturated rings. The molecule has 3 rings (SSSR count). The van der Waals surface area contributed by atoms with E-state index in [2.05, 4.69) is 5.32 Å². The molecule has 0 radical (unpaired) electrons. The number of benzene rings is 2.